The number of carbonyl (C=O) groups is 1. The number of nitrogens with zero attached hydrogens (tertiary/aromatic N) is 5. The zero-order valence-corrected chi connectivity index (χ0v) is 19.4. The van der Waals surface area contributed by atoms with Crippen LogP contribution in [0, 0.1) is 13.8 Å². The number of hydrogen-bond donors (Lipinski definition) is 2. The number of hydrogen-bond acceptors (Lipinski definition) is 5. The molecule has 1 unspecified atom stereocenters. The largest absolute Gasteiger partial charge is 0.348 e. The van der Waals surface area contributed by atoms with Crippen molar-refractivity contribution >= 4 is 35.3 Å². The van der Waals surface area contributed by atoms with Crippen molar-refractivity contribution in [2.24, 2.45) is 5.10 Å². The van der Waals surface area contributed by atoms with Crippen LogP contribution in [0.15, 0.2) is 54.0 Å². The molecule has 1 amide bonds. The van der Waals surface area contributed by atoms with E-state index in [1.54, 1.807) is 35.2 Å². The van der Waals surface area contributed by atoms with Crippen LogP contribution in [0.3, 0.4) is 0 Å². The SMILES string of the molecule is Cc1ccc(-c2cnc3c(C4C=N[N+](C)=C4)cc(C(=O)NCc4ccc(C)[n+](O)c4)cn23)s1. The van der Waals surface area contributed by atoms with Gasteiger partial charge in [-0.2, -0.15) is 0 Å². The van der Waals surface area contributed by atoms with E-state index in [0.29, 0.717) is 12.1 Å². The fourth-order valence-corrected chi connectivity index (χ4v) is 4.75. The Hall–Kier alpha value is -3.85. The summed E-state index contributed by atoms with van der Waals surface area (Å²) in [5.41, 5.74) is 4.71. The molecule has 0 saturated carbocycles. The van der Waals surface area contributed by atoms with Crippen LogP contribution in [0.1, 0.15) is 38.0 Å². The lowest BCUT2D eigenvalue weighted by atomic mass is 10.0. The summed E-state index contributed by atoms with van der Waals surface area (Å²) < 4.78 is 4.81. The smallest absolute Gasteiger partial charge is 0.253 e. The summed E-state index contributed by atoms with van der Waals surface area (Å²) in [7, 11) is 1.88. The zero-order valence-electron chi connectivity index (χ0n) is 18.6. The molecular formula is C24H24N6O2S+2. The van der Waals surface area contributed by atoms with Gasteiger partial charge in [-0.25, -0.2) is 4.98 Å². The van der Waals surface area contributed by atoms with Crippen molar-refractivity contribution in [1.82, 2.24) is 14.7 Å². The van der Waals surface area contributed by atoms with Gasteiger partial charge in [0.1, 0.15) is 11.6 Å². The van der Waals surface area contributed by atoms with Crippen molar-refractivity contribution in [2.45, 2.75) is 26.3 Å². The van der Waals surface area contributed by atoms with Gasteiger partial charge in [0.15, 0.2) is 13.3 Å². The average molecular weight is 461 g/mol. The predicted molar refractivity (Wildman–Crippen MR) is 126 cm³/mol. The van der Waals surface area contributed by atoms with E-state index in [1.165, 1.54) is 4.88 Å². The van der Waals surface area contributed by atoms with Crippen LogP contribution in [0.2, 0.25) is 0 Å². The van der Waals surface area contributed by atoms with E-state index in [4.69, 9.17) is 4.98 Å². The predicted octanol–water partition coefficient (Wildman–Crippen LogP) is 2.93. The quantitative estimate of drug-likeness (QED) is 0.355. The lowest BCUT2D eigenvalue weighted by Crippen LogP contribution is -2.34. The number of aryl methyl sites for hydroxylation is 2. The first-order valence-electron chi connectivity index (χ1n) is 10.6. The van der Waals surface area contributed by atoms with Crippen LogP contribution >= 0.6 is 11.3 Å². The van der Waals surface area contributed by atoms with Gasteiger partial charge in [0.25, 0.3) is 5.91 Å². The van der Waals surface area contributed by atoms with Crippen LogP contribution in [0.25, 0.3) is 16.2 Å². The van der Waals surface area contributed by atoms with Gasteiger partial charge in [-0.1, -0.05) is 4.68 Å². The second kappa shape index (κ2) is 8.25. The topological polar surface area (TPSA) is 85.9 Å². The Balaban J connectivity index is 1.54. The number of nitrogens with one attached hydrogen (secondary N) is 1. The van der Waals surface area contributed by atoms with Crippen molar-refractivity contribution in [3.05, 3.63) is 76.2 Å². The van der Waals surface area contributed by atoms with Crippen LogP contribution in [-0.4, -0.2) is 44.7 Å². The van der Waals surface area contributed by atoms with Gasteiger partial charge in [-0.05, 0) is 36.3 Å². The second-order valence-corrected chi connectivity index (χ2v) is 9.44. The molecule has 0 aromatic carbocycles. The number of fused-ring (bicyclic) bond motifs is 1. The molecule has 1 atom stereocenters. The average Bonchev–Trinajstić information content (AvgIpc) is 3.53. The van der Waals surface area contributed by atoms with Gasteiger partial charge < -0.3 is 5.32 Å². The van der Waals surface area contributed by atoms with Gasteiger partial charge in [-0.15, -0.1) is 11.3 Å². The Kier molecular flexibility index (Phi) is 5.26. The lowest BCUT2D eigenvalue weighted by molar-refractivity contribution is -0.909. The molecular weight excluding hydrogens is 436 g/mol. The Morgan fingerprint density at radius 3 is 2.82 bits per heavy atom. The van der Waals surface area contributed by atoms with Gasteiger partial charge in [0.2, 0.25) is 11.9 Å². The minimum Gasteiger partial charge on any atom is -0.348 e. The van der Waals surface area contributed by atoms with Crippen molar-refractivity contribution < 1.29 is 19.4 Å². The van der Waals surface area contributed by atoms with E-state index in [0.717, 1.165) is 37.8 Å². The third-order valence-corrected chi connectivity index (χ3v) is 6.70. The summed E-state index contributed by atoms with van der Waals surface area (Å²) in [5.74, 6) is -0.274. The molecule has 4 aromatic heterocycles. The van der Waals surface area contributed by atoms with E-state index in [-0.39, 0.29) is 11.8 Å². The molecule has 166 valence electrons. The number of imidazole rings is 1. The van der Waals surface area contributed by atoms with Crippen LogP contribution < -0.4 is 10.0 Å². The molecule has 5 rings (SSSR count). The molecule has 0 bridgehead atoms. The Morgan fingerprint density at radius 1 is 1.27 bits per heavy atom. The fourth-order valence-electron chi connectivity index (χ4n) is 3.88. The molecule has 2 N–H and O–H groups in total. The van der Waals surface area contributed by atoms with Crippen molar-refractivity contribution in [3.63, 3.8) is 0 Å². The van der Waals surface area contributed by atoms with Crippen molar-refractivity contribution in [1.29, 1.82) is 0 Å². The number of hydrazone groups is 1. The summed E-state index contributed by atoms with van der Waals surface area (Å²) in [6.45, 7) is 4.17. The highest BCUT2D eigenvalue weighted by molar-refractivity contribution is 7.15. The van der Waals surface area contributed by atoms with E-state index >= 15 is 0 Å². The van der Waals surface area contributed by atoms with Gasteiger partial charge in [0.05, 0.1) is 28.5 Å². The molecule has 0 spiro atoms. The van der Waals surface area contributed by atoms with Crippen LogP contribution in [-0.2, 0) is 6.54 Å². The van der Waals surface area contributed by atoms with Crippen molar-refractivity contribution in [2.75, 3.05) is 7.05 Å². The molecule has 1 aliphatic heterocycles. The minimum absolute atomic E-state index is 0.0731. The first-order valence-corrected chi connectivity index (χ1v) is 11.4. The second-order valence-electron chi connectivity index (χ2n) is 8.15. The molecule has 9 heteroatoms. The third-order valence-electron chi connectivity index (χ3n) is 5.68. The number of amides is 1. The Morgan fingerprint density at radius 2 is 2.12 bits per heavy atom. The number of carbonyl (C=O) groups excluding carboxylic acids is 1. The molecule has 0 aliphatic carbocycles. The fraction of sp³-hybridized carbons (Fsp3) is 0.208. The van der Waals surface area contributed by atoms with E-state index in [9.17, 15) is 10.0 Å². The minimum atomic E-state index is -0.200. The normalized spacial score (nSPS) is 15.2. The molecule has 0 saturated heterocycles. The molecule has 33 heavy (non-hydrogen) atoms. The number of aromatic nitrogens is 3. The summed E-state index contributed by atoms with van der Waals surface area (Å²) in [6.07, 6.45) is 9.13. The maximum absolute atomic E-state index is 13.2. The van der Waals surface area contributed by atoms with Crippen molar-refractivity contribution in [3.8, 4) is 10.6 Å². The summed E-state index contributed by atoms with van der Waals surface area (Å²) in [6, 6.07) is 9.73. The molecule has 0 fully saturated rings. The lowest BCUT2D eigenvalue weighted by Gasteiger charge is -2.11. The maximum Gasteiger partial charge on any atom is 0.253 e. The molecule has 5 heterocycles. The monoisotopic (exact) mass is 460 g/mol. The Bertz CT molecular complexity index is 1450. The first kappa shape index (κ1) is 21.0. The van der Waals surface area contributed by atoms with E-state index < -0.39 is 0 Å². The van der Waals surface area contributed by atoms with Gasteiger partial charge in [0, 0.05) is 46.5 Å². The first-order chi connectivity index (χ1) is 15.9. The molecule has 0 radical (unpaired) electrons. The number of rotatable bonds is 5. The zero-order chi connectivity index (χ0) is 23.1. The van der Waals surface area contributed by atoms with Crippen LogP contribution in [0.5, 0.6) is 0 Å². The molecule has 1 aliphatic rings. The maximum atomic E-state index is 13.2. The summed E-state index contributed by atoms with van der Waals surface area (Å²) in [5, 5.41) is 17.2. The molecule has 8 nitrogen and oxygen atoms in total. The van der Waals surface area contributed by atoms with Gasteiger partial charge in [-0.3, -0.25) is 14.4 Å². The highest BCUT2D eigenvalue weighted by atomic mass is 32.1. The standard InChI is InChI=1S/C24H23N6O2S/c1-15-4-6-17(12-30(15)32)9-26-24(31)18-8-20(19-10-27-28(3)13-19)23-25-11-21(29(23)14-18)22-7-5-16(2)33-22/h4-8,10-14,19H,9H2,1-3H3,(H-,26,31,32)/q+1/p+1. The number of thiophene rings is 1. The van der Waals surface area contributed by atoms with Crippen LogP contribution in [0.4, 0.5) is 0 Å². The highest BCUT2D eigenvalue weighted by Gasteiger charge is 2.24. The van der Waals surface area contributed by atoms with E-state index in [2.05, 4.69) is 29.5 Å². The Labute approximate surface area is 194 Å². The summed E-state index contributed by atoms with van der Waals surface area (Å²) in [4.78, 5) is 20.2. The van der Waals surface area contributed by atoms with Gasteiger partial charge >= 0.3 is 0 Å². The molecule has 4 aromatic rings. The summed E-state index contributed by atoms with van der Waals surface area (Å²) >= 11 is 1.69. The highest BCUT2D eigenvalue weighted by Crippen LogP contribution is 2.31. The van der Waals surface area contributed by atoms with E-state index in [1.807, 2.05) is 48.4 Å². The number of pyridine rings is 2. The third kappa shape index (κ3) is 4.03.